The maximum atomic E-state index is 12.4. The number of ether oxygens (including phenoxy) is 1. The van der Waals surface area contributed by atoms with Crippen LogP contribution < -0.4 is 4.74 Å². The van der Waals surface area contributed by atoms with Gasteiger partial charge in [-0.3, -0.25) is 4.79 Å². The van der Waals surface area contributed by atoms with Crippen LogP contribution in [0.2, 0.25) is 0 Å². The van der Waals surface area contributed by atoms with Crippen LogP contribution >= 0.6 is 43.2 Å². The molecule has 2 aromatic rings. The monoisotopic (exact) mass is 413 g/mol. The average Bonchev–Trinajstić information content (AvgIpc) is 2.80. The molecule has 20 heavy (non-hydrogen) atoms. The largest absolute Gasteiger partial charge is 0.497 e. The molecule has 1 atom stereocenters. The third-order valence-electron chi connectivity index (χ3n) is 2.73. The van der Waals surface area contributed by atoms with Crippen LogP contribution in [0.5, 0.6) is 5.75 Å². The van der Waals surface area contributed by atoms with Crippen LogP contribution in [0.4, 0.5) is 0 Å². The first-order valence-corrected chi connectivity index (χ1v) is 7.99. The molecule has 0 saturated heterocycles. The molecule has 102 valence electrons. The number of carbonyl (C=O) groups is 1. The van der Waals surface area contributed by atoms with Gasteiger partial charge in [-0.25, -0.2) is 0 Å². The zero-order chi connectivity index (χ0) is 14.7. The van der Waals surface area contributed by atoms with Gasteiger partial charge in [-0.2, -0.15) is 5.26 Å². The topological polar surface area (TPSA) is 50.1 Å². The van der Waals surface area contributed by atoms with Crippen molar-refractivity contribution in [2.24, 2.45) is 0 Å². The summed E-state index contributed by atoms with van der Waals surface area (Å²) in [7, 11) is 1.57. The Labute approximate surface area is 137 Å². The first-order chi connectivity index (χ1) is 9.56. The maximum Gasteiger partial charge on any atom is 0.194 e. The first kappa shape index (κ1) is 15.2. The van der Waals surface area contributed by atoms with E-state index >= 15 is 0 Å². The van der Waals surface area contributed by atoms with Gasteiger partial charge in [0, 0.05) is 4.47 Å². The first-order valence-electron chi connectivity index (χ1n) is 5.59. The van der Waals surface area contributed by atoms with Crippen LogP contribution in [0.1, 0.15) is 21.2 Å². The minimum absolute atomic E-state index is 0.200. The molecule has 1 aromatic carbocycles. The van der Waals surface area contributed by atoms with Gasteiger partial charge in [0.25, 0.3) is 0 Å². The van der Waals surface area contributed by atoms with Crippen LogP contribution in [0.3, 0.4) is 0 Å². The highest BCUT2D eigenvalue weighted by Gasteiger charge is 2.24. The minimum atomic E-state index is -0.807. The van der Waals surface area contributed by atoms with Crippen molar-refractivity contribution in [2.45, 2.75) is 5.92 Å². The van der Waals surface area contributed by atoms with E-state index in [2.05, 4.69) is 37.9 Å². The van der Waals surface area contributed by atoms with Crippen molar-refractivity contribution in [1.82, 2.24) is 0 Å². The van der Waals surface area contributed by atoms with Crippen molar-refractivity contribution in [2.75, 3.05) is 7.11 Å². The smallest absolute Gasteiger partial charge is 0.194 e. The molecule has 0 amide bonds. The molecule has 3 nitrogen and oxygen atoms in total. The molecular weight excluding hydrogens is 406 g/mol. The van der Waals surface area contributed by atoms with Crippen molar-refractivity contribution < 1.29 is 9.53 Å². The summed E-state index contributed by atoms with van der Waals surface area (Å²) in [6, 6.07) is 10.8. The summed E-state index contributed by atoms with van der Waals surface area (Å²) in [6.45, 7) is 0. The van der Waals surface area contributed by atoms with E-state index < -0.39 is 5.92 Å². The fourth-order valence-corrected chi connectivity index (χ4v) is 3.70. The molecule has 1 heterocycles. The van der Waals surface area contributed by atoms with E-state index in [0.29, 0.717) is 16.2 Å². The number of methoxy groups -OCH3 is 1. The number of ketones is 1. The molecular formula is C14H9Br2NO2S. The van der Waals surface area contributed by atoms with Crippen LogP contribution in [-0.2, 0) is 0 Å². The second-order valence-electron chi connectivity index (χ2n) is 3.93. The highest BCUT2D eigenvalue weighted by atomic mass is 79.9. The molecule has 0 bridgehead atoms. The highest BCUT2D eigenvalue weighted by Crippen LogP contribution is 2.35. The summed E-state index contributed by atoms with van der Waals surface area (Å²) in [6.07, 6.45) is 0. The van der Waals surface area contributed by atoms with Crippen molar-refractivity contribution >= 4 is 49.0 Å². The Bertz CT molecular complexity index is 654. The molecule has 0 saturated carbocycles. The van der Waals surface area contributed by atoms with Crippen LogP contribution in [0.25, 0.3) is 0 Å². The third-order valence-corrected chi connectivity index (χ3v) is 6.00. The lowest BCUT2D eigenvalue weighted by atomic mass is 9.95. The molecule has 1 unspecified atom stereocenters. The van der Waals surface area contributed by atoms with Crippen LogP contribution in [0.15, 0.2) is 38.6 Å². The summed E-state index contributed by atoms with van der Waals surface area (Å²) >= 11 is 8.01. The number of thiophene rings is 1. The lowest BCUT2D eigenvalue weighted by Gasteiger charge is -2.08. The molecule has 0 aliphatic carbocycles. The predicted octanol–water partition coefficient (Wildman–Crippen LogP) is 4.77. The molecule has 1 aromatic heterocycles. The van der Waals surface area contributed by atoms with Gasteiger partial charge in [0.05, 0.1) is 21.8 Å². The fourth-order valence-electron chi connectivity index (χ4n) is 1.69. The number of rotatable bonds is 4. The van der Waals surface area contributed by atoms with E-state index in [-0.39, 0.29) is 5.78 Å². The van der Waals surface area contributed by atoms with Crippen molar-refractivity contribution in [3.8, 4) is 11.8 Å². The highest BCUT2D eigenvalue weighted by molar-refractivity contribution is 9.13. The number of Topliss-reactive ketones (excluding diaryl/α,β-unsaturated/α-hetero) is 1. The van der Waals surface area contributed by atoms with Gasteiger partial charge >= 0.3 is 0 Å². The van der Waals surface area contributed by atoms with E-state index in [9.17, 15) is 10.1 Å². The molecule has 0 N–H and O–H groups in total. The number of hydrogen-bond acceptors (Lipinski definition) is 4. The maximum absolute atomic E-state index is 12.4. The normalized spacial score (nSPS) is 11.7. The van der Waals surface area contributed by atoms with Crippen molar-refractivity contribution in [3.05, 3.63) is 49.0 Å². The van der Waals surface area contributed by atoms with Gasteiger partial charge in [-0.15, -0.1) is 11.3 Å². The van der Waals surface area contributed by atoms with Gasteiger partial charge in [0.2, 0.25) is 0 Å². The van der Waals surface area contributed by atoms with E-state index in [1.165, 1.54) is 11.3 Å². The summed E-state index contributed by atoms with van der Waals surface area (Å²) in [4.78, 5) is 13.0. The molecule has 0 radical (unpaired) electrons. The fraction of sp³-hybridized carbons (Fsp3) is 0.143. The van der Waals surface area contributed by atoms with Gasteiger partial charge < -0.3 is 4.74 Å². The summed E-state index contributed by atoms with van der Waals surface area (Å²) in [5.74, 6) is -0.313. The second kappa shape index (κ2) is 6.53. The van der Waals surface area contributed by atoms with Gasteiger partial charge in [-0.05, 0) is 55.6 Å². The Morgan fingerprint density at radius 2 is 2.00 bits per heavy atom. The third kappa shape index (κ3) is 3.11. The molecule has 0 fully saturated rings. The number of hydrogen-bond donors (Lipinski definition) is 0. The lowest BCUT2D eigenvalue weighted by molar-refractivity contribution is 0.0982. The summed E-state index contributed by atoms with van der Waals surface area (Å²) in [5, 5.41) is 9.29. The Hall–Kier alpha value is -1.16. The molecule has 2 rings (SSSR count). The number of carbonyl (C=O) groups excluding carboxylic acids is 1. The van der Waals surface area contributed by atoms with Gasteiger partial charge in [-0.1, -0.05) is 12.1 Å². The Balaban J connectivity index is 2.31. The predicted molar refractivity (Wildman–Crippen MR) is 85.4 cm³/mol. The van der Waals surface area contributed by atoms with E-state index in [1.54, 1.807) is 37.4 Å². The van der Waals surface area contributed by atoms with E-state index in [0.717, 1.165) is 8.26 Å². The quantitative estimate of drug-likeness (QED) is 0.677. The van der Waals surface area contributed by atoms with E-state index in [4.69, 9.17) is 4.74 Å². The van der Waals surface area contributed by atoms with Gasteiger partial charge in [0.15, 0.2) is 5.78 Å². The van der Waals surface area contributed by atoms with Gasteiger partial charge in [0.1, 0.15) is 11.7 Å². The minimum Gasteiger partial charge on any atom is -0.497 e. The van der Waals surface area contributed by atoms with Crippen molar-refractivity contribution in [1.29, 1.82) is 5.26 Å². The molecule has 6 heteroatoms. The standard InChI is InChI=1S/C14H9Br2NO2S/c1-19-9-4-2-8(3-5-9)10(7-17)13(18)12-6-11(15)14(16)20-12/h2-6,10H,1H3. The zero-order valence-electron chi connectivity index (χ0n) is 10.4. The zero-order valence-corrected chi connectivity index (χ0v) is 14.4. The SMILES string of the molecule is COc1ccc(C(C#N)C(=O)c2cc(Br)c(Br)s2)cc1. The van der Waals surface area contributed by atoms with Crippen LogP contribution in [-0.4, -0.2) is 12.9 Å². The average molecular weight is 415 g/mol. The summed E-state index contributed by atoms with van der Waals surface area (Å²) in [5.41, 5.74) is 0.666. The Morgan fingerprint density at radius 3 is 2.45 bits per heavy atom. The number of nitrogens with zero attached hydrogens (tertiary/aromatic N) is 1. The molecule has 0 aliphatic heterocycles. The molecule has 0 aliphatic rings. The number of halogens is 2. The second-order valence-corrected chi connectivity index (χ2v) is 7.16. The number of nitriles is 1. The Morgan fingerprint density at radius 1 is 1.35 bits per heavy atom. The van der Waals surface area contributed by atoms with Crippen LogP contribution in [0, 0.1) is 11.3 Å². The summed E-state index contributed by atoms with van der Waals surface area (Å²) < 4.78 is 6.73. The Kier molecular flexibility index (Phi) is 4.97. The number of benzene rings is 1. The molecule has 0 spiro atoms. The lowest BCUT2D eigenvalue weighted by Crippen LogP contribution is -2.09. The van der Waals surface area contributed by atoms with E-state index in [1.807, 2.05) is 0 Å². The van der Waals surface area contributed by atoms with Crippen molar-refractivity contribution in [3.63, 3.8) is 0 Å².